The Morgan fingerprint density at radius 1 is 1.24 bits per heavy atom. The largest absolute Gasteiger partial charge is 0.444 e. The van der Waals surface area contributed by atoms with Gasteiger partial charge in [0.25, 0.3) is 5.56 Å². The lowest BCUT2D eigenvalue weighted by Crippen LogP contribution is -2.39. The van der Waals surface area contributed by atoms with Gasteiger partial charge < -0.3 is 14.2 Å². The maximum atomic E-state index is 12.6. The van der Waals surface area contributed by atoms with Crippen LogP contribution in [0.5, 0.6) is 0 Å². The Bertz CT molecular complexity index is 836. The van der Waals surface area contributed by atoms with Crippen molar-refractivity contribution in [3.8, 4) is 0 Å². The molecule has 0 saturated carbocycles. The van der Waals surface area contributed by atoms with E-state index < -0.39 is 11.7 Å². The fourth-order valence-corrected chi connectivity index (χ4v) is 2.49. The summed E-state index contributed by atoms with van der Waals surface area (Å²) in [6.07, 6.45) is 1.21. The molecule has 0 saturated heterocycles. The Kier molecular flexibility index (Phi) is 5.56. The van der Waals surface area contributed by atoms with Gasteiger partial charge in [0.1, 0.15) is 11.3 Å². The quantitative estimate of drug-likeness (QED) is 0.775. The average Bonchev–Trinajstić information content (AvgIpc) is 2.55. The number of rotatable bonds is 5. The lowest BCUT2D eigenvalue weighted by atomic mass is 10.1. The van der Waals surface area contributed by atoms with Gasteiger partial charge in [-0.05, 0) is 51.1 Å². The lowest BCUT2D eigenvalue weighted by Gasteiger charge is -2.26. The van der Waals surface area contributed by atoms with Gasteiger partial charge in [-0.1, -0.05) is 6.07 Å². The minimum absolute atomic E-state index is 0.219. The van der Waals surface area contributed by atoms with Crippen LogP contribution in [0.4, 0.5) is 10.5 Å². The summed E-state index contributed by atoms with van der Waals surface area (Å²) in [4.78, 5) is 37.1. The standard InChI is InChI=1S/C18H23N3O4/c1-5-20(17(23)25-18(2,3)4)11-12-21-10-9-13-14(16(21)22)7-6-8-15(13)19-24/h6-10H,5,11-12H2,1-4H3. The number of hydrogen-bond donors (Lipinski definition) is 0. The number of hydrogen-bond acceptors (Lipinski definition) is 5. The molecule has 0 aliphatic rings. The van der Waals surface area contributed by atoms with Crippen LogP contribution in [0.15, 0.2) is 40.4 Å². The Morgan fingerprint density at radius 3 is 2.56 bits per heavy atom. The second kappa shape index (κ2) is 7.46. The molecule has 0 bridgehead atoms. The van der Waals surface area contributed by atoms with E-state index in [4.69, 9.17) is 4.74 Å². The van der Waals surface area contributed by atoms with Gasteiger partial charge in [-0.25, -0.2) is 4.79 Å². The fourth-order valence-electron chi connectivity index (χ4n) is 2.49. The first kappa shape index (κ1) is 18.6. The van der Waals surface area contributed by atoms with Crippen molar-refractivity contribution in [1.82, 2.24) is 9.47 Å². The number of nitroso groups, excluding NO2 is 1. The molecule has 2 rings (SSSR count). The molecule has 0 N–H and O–H groups in total. The zero-order valence-corrected chi connectivity index (χ0v) is 15.0. The number of aromatic nitrogens is 1. The van der Waals surface area contributed by atoms with Gasteiger partial charge in [-0.15, -0.1) is 4.91 Å². The van der Waals surface area contributed by atoms with E-state index in [0.717, 1.165) is 0 Å². The van der Waals surface area contributed by atoms with E-state index in [1.807, 2.05) is 27.7 Å². The van der Waals surface area contributed by atoms with Crippen LogP contribution >= 0.6 is 0 Å². The second-order valence-corrected chi connectivity index (χ2v) is 6.70. The smallest absolute Gasteiger partial charge is 0.410 e. The van der Waals surface area contributed by atoms with Gasteiger partial charge in [-0.2, -0.15) is 0 Å². The Morgan fingerprint density at radius 2 is 1.96 bits per heavy atom. The number of ether oxygens (including phenoxy) is 1. The molecule has 2 aromatic rings. The summed E-state index contributed by atoms with van der Waals surface area (Å²) in [5.41, 5.74) is -0.545. The summed E-state index contributed by atoms with van der Waals surface area (Å²) in [6.45, 7) is 8.45. The summed E-state index contributed by atoms with van der Waals surface area (Å²) >= 11 is 0. The van der Waals surface area contributed by atoms with Gasteiger partial charge in [0.15, 0.2) is 0 Å². The van der Waals surface area contributed by atoms with Gasteiger partial charge in [0.05, 0.1) is 0 Å². The van der Waals surface area contributed by atoms with Crippen molar-refractivity contribution in [2.24, 2.45) is 5.18 Å². The van der Waals surface area contributed by atoms with Crippen LogP contribution in [-0.4, -0.2) is 34.3 Å². The molecule has 25 heavy (non-hydrogen) atoms. The Balaban J connectivity index is 2.20. The first-order chi connectivity index (χ1) is 11.8. The number of benzene rings is 1. The molecule has 0 atom stereocenters. The van der Waals surface area contributed by atoms with Crippen molar-refractivity contribution in [1.29, 1.82) is 0 Å². The molecule has 0 spiro atoms. The molecule has 0 aliphatic heterocycles. The molecule has 7 heteroatoms. The highest BCUT2D eigenvalue weighted by molar-refractivity contribution is 5.91. The second-order valence-electron chi connectivity index (χ2n) is 6.70. The number of likely N-dealkylation sites (N-methyl/N-ethyl adjacent to an activating group) is 1. The van der Waals surface area contributed by atoms with Crippen molar-refractivity contribution >= 4 is 22.6 Å². The molecule has 0 unspecified atom stereocenters. The molecule has 1 aromatic heterocycles. The van der Waals surface area contributed by atoms with E-state index in [2.05, 4.69) is 5.18 Å². The molecule has 134 valence electrons. The van der Waals surface area contributed by atoms with E-state index in [9.17, 15) is 14.5 Å². The van der Waals surface area contributed by atoms with E-state index in [1.54, 1.807) is 35.4 Å². The highest BCUT2D eigenvalue weighted by Crippen LogP contribution is 2.23. The molecule has 1 aromatic carbocycles. The third kappa shape index (κ3) is 4.43. The van der Waals surface area contributed by atoms with Gasteiger partial charge in [0.2, 0.25) is 0 Å². The van der Waals surface area contributed by atoms with E-state index >= 15 is 0 Å². The topological polar surface area (TPSA) is 81.0 Å². The minimum atomic E-state index is -0.567. The van der Waals surface area contributed by atoms with Crippen molar-refractivity contribution < 1.29 is 9.53 Å². The first-order valence-corrected chi connectivity index (χ1v) is 8.20. The van der Waals surface area contributed by atoms with Gasteiger partial charge in [0, 0.05) is 36.6 Å². The molecule has 1 amide bonds. The first-order valence-electron chi connectivity index (χ1n) is 8.20. The van der Waals surface area contributed by atoms with Crippen LogP contribution in [0, 0.1) is 4.91 Å². The molecule has 7 nitrogen and oxygen atoms in total. The summed E-state index contributed by atoms with van der Waals surface area (Å²) in [6, 6.07) is 6.55. The average molecular weight is 345 g/mol. The summed E-state index contributed by atoms with van der Waals surface area (Å²) in [7, 11) is 0. The van der Waals surface area contributed by atoms with E-state index in [1.165, 1.54) is 4.57 Å². The van der Waals surface area contributed by atoms with Crippen LogP contribution in [-0.2, 0) is 11.3 Å². The number of nitrogens with zero attached hydrogens (tertiary/aromatic N) is 3. The lowest BCUT2D eigenvalue weighted by molar-refractivity contribution is 0.0254. The monoisotopic (exact) mass is 345 g/mol. The van der Waals surface area contributed by atoms with Crippen LogP contribution < -0.4 is 5.56 Å². The normalized spacial score (nSPS) is 11.4. The molecular formula is C18H23N3O4. The number of carbonyl (C=O) groups is 1. The third-order valence-corrected chi connectivity index (χ3v) is 3.74. The summed E-state index contributed by atoms with van der Waals surface area (Å²) < 4.78 is 6.88. The fraction of sp³-hybridized carbons (Fsp3) is 0.444. The molecule has 1 heterocycles. The minimum Gasteiger partial charge on any atom is -0.444 e. The van der Waals surface area contributed by atoms with Gasteiger partial charge >= 0.3 is 6.09 Å². The number of fused-ring (bicyclic) bond motifs is 1. The molecular weight excluding hydrogens is 322 g/mol. The number of pyridine rings is 1. The zero-order chi connectivity index (χ0) is 18.6. The Labute approximate surface area is 146 Å². The van der Waals surface area contributed by atoms with Crippen LogP contribution in [0.1, 0.15) is 27.7 Å². The predicted molar refractivity (Wildman–Crippen MR) is 97.1 cm³/mol. The highest BCUT2D eigenvalue weighted by Gasteiger charge is 2.21. The molecule has 0 radical (unpaired) electrons. The number of carbonyl (C=O) groups excluding carboxylic acids is 1. The van der Waals surface area contributed by atoms with Crippen LogP contribution in [0.25, 0.3) is 10.8 Å². The van der Waals surface area contributed by atoms with Crippen molar-refractivity contribution in [3.63, 3.8) is 0 Å². The summed E-state index contributed by atoms with van der Waals surface area (Å²) in [5.74, 6) is 0. The number of amides is 1. The van der Waals surface area contributed by atoms with E-state index in [0.29, 0.717) is 30.4 Å². The van der Waals surface area contributed by atoms with E-state index in [-0.39, 0.29) is 11.2 Å². The summed E-state index contributed by atoms with van der Waals surface area (Å²) in [5, 5.41) is 3.90. The maximum Gasteiger partial charge on any atom is 0.410 e. The van der Waals surface area contributed by atoms with Crippen molar-refractivity contribution in [2.75, 3.05) is 13.1 Å². The SMILES string of the molecule is CCN(CCn1ccc2c(N=O)cccc2c1=O)C(=O)OC(C)(C)C. The third-order valence-electron chi connectivity index (χ3n) is 3.74. The predicted octanol–water partition coefficient (Wildman–Crippen LogP) is 3.66. The molecule has 0 aliphatic carbocycles. The maximum absolute atomic E-state index is 12.6. The van der Waals surface area contributed by atoms with Gasteiger partial charge in [-0.3, -0.25) is 4.79 Å². The van der Waals surface area contributed by atoms with Crippen molar-refractivity contribution in [3.05, 3.63) is 45.7 Å². The van der Waals surface area contributed by atoms with Crippen LogP contribution in [0.2, 0.25) is 0 Å². The molecule has 0 fully saturated rings. The zero-order valence-electron chi connectivity index (χ0n) is 15.0. The van der Waals surface area contributed by atoms with Crippen LogP contribution in [0.3, 0.4) is 0 Å². The Hall–Kier alpha value is -2.70. The highest BCUT2D eigenvalue weighted by atomic mass is 16.6. The van der Waals surface area contributed by atoms with Crippen molar-refractivity contribution in [2.45, 2.75) is 39.8 Å².